The molecular weight excluding hydrogens is 190 g/mol. The summed E-state index contributed by atoms with van der Waals surface area (Å²) in [6, 6.07) is 9.24. The first-order chi connectivity index (χ1) is 7.16. The lowest BCUT2D eigenvalue weighted by Crippen LogP contribution is -2.24. The van der Waals surface area contributed by atoms with Gasteiger partial charge in [0.05, 0.1) is 5.92 Å². The largest absolute Gasteiger partial charge is 0.264 e. The number of nitrogens with zero attached hydrogens (tertiary/aromatic N) is 1. The first kappa shape index (κ1) is 11.7. The molecule has 0 amide bonds. The molecule has 0 radical (unpaired) electrons. The standard InChI is InChI=1S/C12H17NO2/c1-3-7-12(10(2)13(14)15)11-8-5-4-6-9-11/h4-6,8-10,12H,3,7H2,1-2H3/t10-,12+/m0/s1. The minimum atomic E-state index is -0.507. The highest BCUT2D eigenvalue weighted by Crippen LogP contribution is 2.26. The zero-order valence-electron chi connectivity index (χ0n) is 9.22. The molecule has 0 aliphatic rings. The Labute approximate surface area is 90.3 Å². The molecule has 0 fully saturated rings. The lowest BCUT2D eigenvalue weighted by atomic mass is 9.89. The molecule has 0 bridgehead atoms. The summed E-state index contributed by atoms with van der Waals surface area (Å²) in [5.41, 5.74) is 1.07. The van der Waals surface area contributed by atoms with Gasteiger partial charge in [-0.3, -0.25) is 10.1 Å². The van der Waals surface area contributed by atoms with Gasteiger partial charge in [0, 0.05) is 11.8 Å². The lowest BCUT2D eigenvalue weighted by molar-refractivity contribution is -0.522. The van der Waals surface area contributed by atoms with Crippen LogP contribution in [-0.2, 0) is 0 Å². The van der Waals surface area contributed by atoms with Crippen LogP contribution in [0, 0.1) is 10.1 Å². The van der Waals surface area contributed by atoms with E-state index in [2.05, 4.69) is 6.92 Å². The summed E-state index contributed by atoms with van der Waals surface area (Å²) >= 11 is 0. The maximum atomic E-state index is 10.8. The van der Waals surface area contributed by atoms with Gasteiger partial charge in [-0.05, 0) is 12.0 Å². The van der Waals surface area contributed by atoms with E-state index in [0.717, 1.165) is 18.4 Å². The van der Waals surface area contributed by atoms with Crippen LogP contribution in [0.5, 0.6) is 0 Å². The average Bonchev–Trinajstić information content (AvgIpc) is 2.26. The van der Waals surface area contributed by atoms with Crippen LogP contribution in [0.25, 0.3) is 0 Å². The van der Waals surface area contributed by atoms with E-state index in [4.69, 9.17) is 0 Å². The predicted molar refractivity (Wildman–Crippen MR) is 60.5 cm³/mol. The first-order valence-electron chi connectivity index (χ1n) is 5.35. The van der Waals surface area contributed by atoms with Crippen LogP contribution in [0.15, 0.2) is 30.3 Å². The second-order valence-corrected chi connectivity index (χ2v) is 3.83. The van der Waals surface area contributed by atoms with E-state index in [1.807, 2.05) is 30.3 Å². The summed E-state index contributed by atoms with van der Waals surface area (Å²) in [6.45, 7) is 3.75. The molecule has 0 saturated carbocycles. The zero-order valence-corrected chi connectivity index (χ0v) is 9.22. The van der Waals surface area contributed by atoms with Crippen molar-refractivity contribution in [2.75, 3.05) is 0 Å². The molecule has 1 rings (SSSR count). The van der Waals surface area contributed by atoms with E-state index in [0.29, 0.717) is 0 Å². The molecule has 1 aromatic carbocycles. The average molecular weight is 207 g/mol. The third-order valence-electron chi connectivity index (χ3n) is 2.74. The minimum Gasteiger partial charge on any atom is -0.264 e. The number of hydrogen-bond donors (Lipinski definition) is 0. The molecule has 0 aliphatic heterocycles. The molecule has 82 valence electrons. The van der Waals surface area contributed by atoms with Gasteiger partial charge in [-0.2, -0.15) is 0 Å². The van der Waals surface area contributed by atoms with Crippen molar-refractivity contribution in [3.8, 4) is 0 Å². The maximum absolute atomic E-state index is 10.8. The quantitative estimate of drug-likeness (QED) is 0.549. The Morgan fingerprint density at radius 2 is 1.93 bits per heavy atom. The van der Waals surface area contributed by atoms with E-state index in [9.17, 15) is 10.1 Å². The number of benzene rings is 1. The Morgan fingerprint density at radius 1 is 1.33 bits per heavy atom. The van der Waals surface area contributed by atoms with Crippen LogP contribution >= 0.6 is 0 Å². The monoisotopic (exact) mass is 207 g/mol. The third-order valence-corrected chi connectivity index (χ3v) is 2.74. The molecule has 2 atom stereocenters. The van der Waals surface area contributed by atoms with E-state index < -0.39 is 6.04 Å². The fourth-order valence-corrected chi connectivity index (χ4v) is 1.84. The molecule has 0 aliphatic carbocycles. The summed E-state index contributed by atoms with van der Waals surface area (Å²) in [4.78, 5) is 10.6. The molecule has 0 spiro atoms. The fourth-order valence-electron chi connectivity index (χ4n) is 1.84. The zero-order chi connectivity index (χ0) is 11.3. The molecule has 3 heteroatoms. The van der Waals surface area contributed by atoms with Gasteiger partial charge in [0.25, 0.3) is 0 Å². The van der Waals surface area contributed by atoms with Crippen molar-refractivity contribution < 1.29 is 4.92 Å². The number of rotatable bonds is 5. The predicted octanol–water partition coefficient (Wildman–Crippen LogP) is 3.24. The molecule has 0 unspecified atom stereocenters. The second-order valence-electron chi connectivity index (χ2n) is 3.83. The van der Waals surface area contributed by atoms with Crippen molar-refractivity contribution >= 4 is 0 Å². The van der Waals surface area contributed by atoms with Gasteiger partial charge in [0.2, 0.25) is 6.04 Å². The van der Waals surface area contributed by atoms with Crippen molar-refractivity contribution in [3.63, 3.8) is 0 Å². The Kier molecular flexibility index (Phi) is 4.28. The Hall–Kier alpha value is -1.38. The summed E-state index contributed by atoms with van der Waals surface area (Å²) in [7, 11) is 0. The van der Waals surface area contributed by atoms with Gasteiger partial charge in [-0.15, -0.1) is 0 Å². The summed E-state index contributed by atoms with van der Waals surface area (Å²) in [5, 5.41) is 10.8. The summed E-state index contributed by atoms with van der Waals surface area (Å²) in [5.74, 6) is 0.0335. The van der Waals surface area contributed by atoms with Gasteiger partial charge < -0.3 is 0 Å². The molecule has 3 nitrogen and oxygen atoms in total. The maximum Gasteiger partial charge on any atom is 0.217 e. The van der Waals surface area contributed by atoms with Crippen LogP contribution in [-0.4, -0.2) is 11.0 Å². The third kappa shape index (κ3) is 3.05. The highest BCUT2D eigenvalue weighted by atomic mass is 16.6. The SMILES string of the molecule is CCC[C@@H](c1ccccc1)[C@H](C)[N+](=O)[O-]. The van der Waals surface area contributed by atoms with Gasteiger partial charge in [-0.1, -0.05) is 43.7 Å². The lowest BCUT2D eigenvalue weighted by Gasteiger charge is -2.17. The molecule has 1 aromatic rings. The van der Waals surface area contributed by atoms with Gasteiger partial charge >= 0.3 is 0 Å². The summed E-state index contributed by atoms with van der Waals surface area (Å²) in [6.07, 6.45) is 1.84. The van der Waals surface area contributed by atoms with Crippen molar-refractivity contribution in [2.45, 2.75) is 38.6 Å². The van der Waals surface area contributed by atoms with E-state index in [1.165, 1.54) is 0 Å². The normalized spacial score (nSPS) is 14.5. The fraction of sp³-hybridized carbons (Fsp3) is 0.500. The van der Waals surface area contributed by atoms with Crippen molar-refractivity contribution in [3.05, 3.63) is 46.0 Å². The van der Waals surface area contributed by atoms with E-state index in [1.54, 1.807) is 6.92 Å². The van der Waals surface area contributed by atoms with Crippen LogP contribution in [0.4, 0.5) is 0 Å². The van der Waals surface area contributed by atoms with Gasteiger partial charge in [0.1, 0.15) is 0 Å². The van der Waals surface area contributed by atoms with Crippen LogP contribution in [0.1, 0.15) is 38.2 Å². The van der Waals surface area contributed by atoms with Crippen molar-refractivity contribution in [2.24, 2.45) is 0 Å². The first-order valence-corrected chi connectivity index (χ1v) is 5.35. The Morgan fingerprint density at radius 3 is 2.40 bits per heavy atom. The molecule has 0 N–H and O–H groups in total. The highest BCUT2D eigenvalue weighted by molar-refractivity contribution is 5.20. The van der Waals surface area contributed by atoms with Crippen LogP contribution in [0.3, 0.4) is 0 Å². The Bertz CT molecular complexity index is 311. The van der Waals surface area contributed by atoms with E-state index in [-0.39, 0.29) is 10.8 Å². The molecule has 15 heavy (non-hydrogen) atoms. The topological polar surface area (TPSA) is 43.1 Å². The van der Waals surface area contributed by atoms with E-state index >= 15 is 0 Å². The summed E-state index contributed by atoms with van der Waals surface area (Å²) < 4.78 is 0. The van der Waals surface area contributed by atoms with Crippen molar-refractivity contribution in [1.29, 1.82) is 0 Å². The number of nitro groups is 1. The molecular formula is C12H17NO2. The second kappa shape index (κ2) is 5.49. The smallest absolute Gasteiger partial charge is 0.217 e. The molecule has 0 saturated heterocycles. The van der Waals surface area contributed by atoms with Crippen molar-refractivity contribution in [1.82, 2.24) is 0 Å². The minimum absolute atomic E-state index is 0.0335. The van der Waals surface area contributed by atoms with Crippen LogP contribution < -0.4 is 0 Å². The molecule has 0 aromatic heterocycles. The van der Waals surface area contributed by atoms with Crippen LogP contribution in [0.2, 0.25) is 0 Å². The molecule has 0 heterocycles. The van der Waals surface area contributed by atoms with Gasteiger partial charge in [0.15, 0.2) is 0 Å². The highest BCUT2D eigenvalue weighted by Gasteiger charge is 2.26. The number of hydrogen-bond acceptors (Lipinski definition) is 2. The Balaban J connectivity index is 2.87. The van der Waals surface area contributed by atoms with Gasteiger partial charge in [-0.25, -0.2) is 0 Å².